The fourth-order valence-electron chi connectivity index (χ4n) is 2.45. The molecule has 1 aliphatic rings. The third kappa shape index (κ3) is 3.67. The van der Waals surface area contributed by atoms with E-state index in [0.29, 0.717) is 13.2 Å². The molecule has 2 unspecified atom stereocenters. The van der Waals surface area contributed by atoms with Crippen molar-refractivity contribution in [1.29, 1.82) is 0 Å². The largest absolute Gasteiger partial charge is 0.501 e. The van der Waals surface area contributed by atoms with Crippen molar-refractivity contribution in [2.75, 3.05) is 13.2 Å². The Labute approximate surface area is 111 Å². The summed E-state index contributed by atoms with van der Waals surface area (Å²) >= 11 is 6.40. The Kier molecular flexibility index (Phi) is 5.93. The van der Waals surface area contributed by atoms with Crippen LogP contribution in [-0.4, -0.2) is 33.0 Å². The molecule has 0 spiro atoms. The lowest BCUT2D eigenvalue weighted by atomic mass is 9.94. The second-order valence-corrected chi connectivity index (χ2v) is 7.87. The lowest BCUT2D eigenvalue weighted by Crippen LogP contribution is -2.58. The molecule has 1 aliphatic heterocycles. The Morgan fingerprint density at radius 1 is 1.29 bits per heavy atom. The van der Waals surface area contributed by atoms with Gasteiger partial charge in [0.2, 0.25) is 0 Å². The van der Waals surface area contributed by atoms with Crippen LogP contribution in [0.4, 0.5) is 0 Å². The molecule has 0 aromatic heterocycles. The van der Waals surface area contributed by atoms with Crippen LogP contribution >= 0.6 is 11.6 Å². The minimum absolute atomic E-state index is 0.0237. The summed E-state index contributed by atoms with van der Waals surface area (Å²) < 4.78 is 17.9. The lowest BCUT2D eigenvalue weighted by Gasteiger charge is -2.45. The van der Waals surface area contributed by atoms with Crippen molar-refractivity contribution in [3.8, 4) is 0 Å². The Bertz CT molecular complexity index is 228. The summed E-state index contributed by atoms with van der Waals surface area (Å²) in [5.74, 6) is 0. The zero-order valence-electron chi connectivity index (χ0n) is 11.4. The number of hydrogen-bond donors (Lipinski definition) is 0. The summed E-state index contributed by atoms with van der Waals surface area (Å²) in [7, 11) is -2.48. The van der Waals surface area contributed by atoms with Gasteiger partial charge in [-0.1, -0.05) is 6.92 Å². The molecule has 0 aromatic carbocycles. The van der Waals surface area contributed by atoms with Crippen LogP contribution in [0, 0.1) is 0 Å². The van der Waals surface area contributed by atoms with E-state index in [4.69, 9.17) is 24.9 Å². The molecule has 0 amide bonds. The average molecular weight is 281 g/mol. The predicted molar refractivity (Wildman–Crippen MR) is 72.5 cm³/mol. The van der Waals surface area contributed by atoms with Gasteiger partial charge in [-0.3, -0.25) is 0 Å². The summed E-state index contributed by atoms with van der Waals surface area (Å²) in [4.78, 5) is 0. The summed E-state index contributed by atoms with van der Waals surface area (Å²) in [6.07, 6.45) is 2.97. The van der Waals surface area contributed by atoms with Crippen molar-refractivity contribution >= 4 is 20.4 Å². The SMILES string of the molecule is CCO[Si]1(OCC)CCCC(C)(C(Cl)CC)O1. The van der Waals surface area contributed by atoms with E-state index in [1.807, 2.05) is 13.8 Å². The molecule has 3 nitrogen and oxygen atoms in total. The maximum absolute atomic E-state index is 6.40. The van der Waals surface area contributed by atoms with Crippen LogP contribution < -0.4 is 0 Å². The second kappa shape index (κ2) is 6.52. The van der Waals surface area contributed by atoms with Crippen LogP contribution in [0.15, 0.2) is 0 Å². The van der Waals surface area contributed by atoms with Gasteiger partial charge in [-0.2, -0.15) is 0 Å². The van der Waals surface area contributed by atoms with Crippen molar-refractivity contribution in [3.63, 3.8) is 0 Å². The zero-order valence-corrected chi connectivity index (χ0v) is 13.2. The van der Waals surface area contributed by atoms with Crippen molar-refractivity contribution in [1.82, 2.24) is 0 Å². The molecule has 0 bridgehead atoms. The van der Waals surface area contributed by atoms with Gasteiger partial charge in [0.05, 0.1) is 11.0 Å². The van der Waals surface area contributed by atoms with E-state index in [2.05, 4.69) is 13.8 Å². The summed E-state index contributed by atoms with van der Waals surface area (Å²) in [5, 5.41) is 0.0237. The number of alkyl halides is 1. The topological polar surface area (TPSA) is 27.7 Å². The van der Waals surface area contributed by atoms with Gasteiger partial charge in [-0.15, -0.1) is 11.6 Å². The van der Waals surface area contributed by atoms with Crippen LogP contribution in [0.25, 0.3) is 0 Å². The van der Waals surface area contributed by atoms with Crippen LogP contribution in [0.5, 0.6) is 0 Å². The van der Waals surface area contributed by atoms with E-state index in [0.717, 1.165) is 25.3 Å². The fraction of sp³-hybridized carbons (Fsp3) is 1.00. The second-order valence-electron chi connectivity index (χ2n) is 4.69. The van der Waals surface area contributed by atoms with Crippen molar-refractivity contribution in [2.24, 2.45) is 0 Å². The number of halogens is 1. The Morgan fingerprint density at radius 3 is 2.35 bits per heavy atom. The molecule has 0 aliphatic carbocycles. The molecule has 2 atom stereocenters. The molecule has 17 heavy (non-hydrogen) atoms. The van der Waals surface area contributed by atoms with Crippen LogP contribution in [0.3, 0.4) is 0 Å². The minimum Gasteiger partial charge on any atom is -0.374 e. The Hall–Kier alpha value is 0.387. The van der Waals surface area contributed by atoms with Crippen molar-refractivity contribution in [3.05, 3.63) is 0 Å². The molecular formula is C12H25ClO3Si. The molecule has 5 heteroatoms. The number of hydrogen-bond acceptors (Lipinski definition) is 3. The molecule has 1 fully saturated rings. The lowest BCUT2D eigenvalue weighted by molar-refractivity contribution is -0.0437. The van der Waals surface area contributed by atoms with Gasteiger partial charge in [0.25, 0.3) is 0 Å². The first-order chi connectivity index (χ1) is 8.02. The smallest absolute Gasteiger partial charge is 0.374 e. The monoisotopic (exact) mass is 280 g/mol. The maximum atomic E-state index is 6.40. The molecule has 1 heterocycles. The fourth-order valence-corrected chi connectivity index (χ4v) is 5.71. The highest BCUT2D eigenvalue weighted by molar-refractivity contribution is 6.61. The van der Waals surface area contributed by atoms with E-state index in [9.17, 15) is 0 Å². The van der Waals surface area contributed by atoms with Gasteiger partial charge in [0.15, 0.2) is 0 Å². The molecular weight excluding hydrogens is 256 g/mol. The van der Waals surface area contributed by atoms with Gasteiger partial charge < -0.3 is 13.3 Å². The van der Waals surface area contributed by atoms with Gasteiger partial charge in [0, 0.05) is 19.3 Å². The number of rotatable bonds is 6. The van der Waals surface area contributed by atoms with Crippen molar-refractivity contribution in [2.45, 2.75) is 64.0 Å². The zero-order chi connectivity index (χ0) is 12.9. The van der Waals surface area contributed by atoms with Crippen LogP contribution in [0.1, 0.15) is 47.0 Å². The van der Waals surface area contributed by atoms with E-state index >= 15 is 0 Å². The average Bonchev–Trinajstić information content (AvgIpc) is 2.28. The third-order valence-corrected chi connectivity index (χ3v) is 7.26. The minimum atomic E-state index is -2.48. The molecule has 0 N–H and O–H groups in total. The highest BCUT2D eigenvalue weighted by Gasteiger charge is 2.52. The van der Waals surface area contributed by atoms with Crippen molar-refractivity contribution < 1.29 is 13.3 Å². The Balaban J connectivity index is 2.80. The van der Waals surface area contributed by atoms with Gasteiger partial charge >= 0.3 is 8.80 Å². The molecule has 0 saturated carbocycles. The van der Waals surface area contributed by atoms with Gasteiger partial charge in [-0.25, -0.2) is 0 Å². The highest BCUT2D eigenvalue weighted by Crippen LogP contribution is 2.39. The quantitative estimate of drug-likeness (QED) is 0.550. The van der Waals surface area contributed by atoms with E-state index < -0.39 is 8.80 Å². The molecule has 0 aromatic rings. The van der Waals surface area contributed by atoms with Crippen LogP contribution in [0.2, 0.25) is 6.04 Å². The first kappa shape index (κ1) is 15.4. The normalized spacial score (nSPS) is 30.2. The van der Waals surface area contributed by atoms with Gasteiger partial charge in [-0.05, 0) is 40.0 Å². The molecule has 102 valence electrons. The van der Waals surface area contributed by atoms with Crippen LogP contribution in [-0.2, 0) is 13.3 Å². The van der Waals surface area contributed by atoms with E-state index in [1.165, 1.54) is 0 Å². The summed E-state index contributed by atoms with van der Waals surface area (Å²) in [6.45, 7) is 9.43. The first-order valence-electron chi connectivity index (χ1n) is 6.64. The summed E-state index contributed by atoms with van der Waals surface area (Å²) in [6, 6.07) is 0.914. The molecule has 1 rings (SSSR count). The first-order valence-corrected chi connectivity index (χ1v) is 9.01. The van der Waals surface area contributed by atoms with E-state index in [1.54, 1.807) is 0 Å². The molecule has 0 radical (unpaired) electrons. The summed E-state index contributed by atoms with van der Waals surface area (Å²) in [5.41, 5.74) is -0.300. The van der Waals surface area contributed by atoms with Gasteiger partial charge in [0.1, 0.15) is 0 Å². The Morgan fingerprint density at radius 2 is 1.88 bits per heavy atom. The maximum Gasteiger partial charge on any atom is 0.501 e. The standard InChI is InChI=1S/C12H25ClO3Si/c1-5-11(13)12(4)9-8-10-17(16-12,14-6-2)15-7-3/h11H,5-10H2,1-4H3. The third-order valence-electron chi connectivity index (χ3n) is 3.29. The van der Waals surface area contributed by atoms with E-state index in [-0.39, 0.29) is 11.0 Å². The predicted octanol–water partition coefficient (Wildman–Crippen LogP) is 3.58. The molecule has 1 saturated heterocycles. The highest BCUT2D eigenvalue weighted by atomic mass is 35.5.